The summed E-state index contributed by atoms with van der Waals surface area (Å²) in [5.41, 5.74) is 8.23. The number of benzene rings is 1. The maximum Gasteiger partial charge on any atom is 0.0247 e. The Hall–Kier alpha value is -0.380. The van der Waals surface area contributed by atoms with Gasteiger partial charge >= 0.3 is 0 Å². The fraction of sp³-hybridized carbons (Fsp3) is 0.600. The van der Waals surface area contributed by atoms with E-state index in [1.807, 2.05) is 0 Å². The van der Waals surface area contributed by atoms with Gasteiger partial charge in [0.2, 0.25) is 0 Å². The second-order valence-electron chi connectivity index (χ2n) is 5.13. The molecule has 18 heavy (non-hydrogen) atoms. The van der Waals surface area contributed by atoms with Crippen LogP contribution in [0.1, 0.15) is 43.7 Å². The summed E-state index contributed by atoms with van der Waals surface area (Å²) in [6.07, 6.45) is 5.53. The van der Waals surface area contributed by atoms with Crippen LogP contribution in [0, 0.1) is 0 Å². The van der Waals surface area contributed by atoms with Gasteiger partial charge in [-0.15, -0.1) is 0 Å². The molecule has 1 aliphatic rings. The predicted molar refractivity (Wildman–Crippen MR) is 80.4 cm³/mol. The van der Waals surface area contributed by atoms with Crippen LogP contribution in [0.4, 0.5) is 0 Å². The number of hydrogen-bond donors (Lipinski definition) is 1. The molecule has 2 nitrogen and oxygen atoms in total. The van der Waals surface area contributed by atoms with E-state index in [4.69, 9.17) is 5.73 Å². The van der Waals surface area contributed by atoms with Gasteiger partial charge in [-0.05, 0) is 36.6 Å². The number of hydrogen-bond acceptors (Lipinski definition) is 2. The number of rotatable bonds is 5. The van der Waals surface area contributed by atoms with E-state index >= 15 is 0 Å². The molecule has 0 bridgehead atoms. The second-order valence-corrected chi connectivity index (χ2v) is 5.99. The zero-order chi connectivity index (χ0) is 13.0. The molecule has 0 unspecified atom stereocenters. The highest BCUT2D eigenvalue weighted by Gasteiger charge is 2.21. The molecule has 0 atom stereocenters. The van der Waals surface area contributed by atoms with Crippen LogP contribution in [-0.4, -0.2) is 17.5 Å². The molecule has 0 heterocycles. The molecule has 0 aliphatic heterocycles. The summed E-state index contributed by atoms with van der Waals surface area (Å²) in [7, 11) is 0. The minimum absolute atomic E-state index is 0.610. The largest absolute Gasteiger partial charge is 0.326 e. The number of nitrogens with two attached hydrogens (primary N) is 1. The average Bonchev–Trinajstić information content (AvgIpc) is 2.91. The summed E-state index contributed by atoms with van der Waals surface area (Å²) >= 11 is 3.67. The Morgan fingerprint density at radius 2 is 2.06 bits per heavy atom. The van der Waals surface area contributed by atoms with Gasteiger partial charge < -0.3 is 5.73 Å². The molecule has 0 spiro atoms. The molecular weight excluding hydrogens is 288 g/mol. The van der Waals surface area contributed by atoms with E-state index in [1.54, 1.807) is 0 Å². The third kappa shape index (κ3) is 3.34. The molecular formula is C15H23BrN2. The van der Waals surface area contributed by atoms with Crippen LogP contribution in [0.5, 0.6) is 0 Å². The summed E-state index contributed by atoms with van der Waals surface area (Å²) in [6, 6.07) is 7.29. The lowest BCUT2D eigenvalue weighted by atomic mass is 10.1. The van der Waals surface area contributed by atoms with Crippen LogP contribution in [0.25, 0.3) is 0 Å². The minimum Gasteiger partial charge on any atom is -0.326 e. The normalized spacial score (nSPS) is 16.7. The smallest absolute Gasteiger partial charge is 0.0247 e. The fourth-order valence-electron chi connectivity index (χ4n) is 2.83. The van der Waals surface area contributed by atoms with Gasteiger partial charge in [0.05, 0.1) is 0 Å². The Morgan fingerprint density at radius 1 is 1.33 bits per heavy atom. The van der Waals surface area contributed by atoms with Gasteiger partial charge in [-0.1, -0.05) is 47.8 Å². The van der Waals surface area contributed by atoms with Gasteiger partial charge in [0, 0.05) is 23.6 Å². The fourth-order valence-corrected chi connectivity index (χ4v) is 3.38. The van der Waals surface area contributed by atoms with Gasteiger partial charge in [0.15, 0.2) is 0 Å². The molecule has 0 aromatic heterocycles. The van der Waals surface area contributed by atoms with Crippen LogP contribution in [0.3, 0.4) is 0 Å². The highest BCUT2D eigenvalue weighted by molar-refractivity contribution is 9.10. The molecule has 2 rings (SSSR count). The molecule has 1 fully saturated rings. The van der Waals surface area contributed by atoms with Crippen molar-refractivity contribution in [1.29, 1.82) is 0 Å². The zero-order valence-electron chi connectivity index (χ0n) is 11.2. The van der Waals surface area contributed by atoms with Crippen molar-refractivity contribution in [3.8, 4) is 0 Å². The van der Waals surface area contributed by atoms with E-state index in [9.17, 15) is 0 Å². The summed E-state index contributed by atoms with van der Waals surface area (Å²) in [4.78, 5) is 2.61. The summed E-state index contributed by atoms with van der Waals surface area (Å²) < 4.78 is 1.20. The maximum absolute atomic E-state index is 5.66. The Bertz CT molecular complexity index is 386. The first-order chi connectivity index (χ1) is 8.74. The predicted octanol–water partition coefficient (Wildman–Crippen LogP) is 3.67. The SMILES string of the molecule is CCN(Cc1ccc(CN)cc1Br)C1CCCC1. The van der Waals surface area contributed by atoms with Crippen LogP contribution in [0.15, 0.2) is 22.7 Å². The summed E-state index contributed by atoms with van der Waals surface area (Å²) in [5, 5.41) is 0. The first kappa shape index (κ1) is 14.0. The van der Waals surface area contributed by atoms with Crippen molar-refractivity contribution in [3.05, 3.63) is 33.8 Å². The Kier molecular flexibility index (Phi) is 5.22. The molecule has 2 N–H and O–H groups in total. The molecule has 100 valence electrons. The van der Waals surface area contributed by atoms with Gasteiger partial charge in [0.1, 0.15) is 0 Å². The van der Waals surface area contributed by atoms with Crippen molar-refractivity contribution in [2.45, 2.75) is 51.7 Å². The maximum atomic E-state index is 5.66. The highest BCUT2D eigenvalue weighted by Crippen LogP contribution is 2.27. The van der Waals surface area contributed by atoms with Gasteiger partial charge in [-0.2, -0.15) is 0 Å². The first-order valence-corrected chi connectivity index (χ1v) is 7.75. The molecule has 1 aromatic rings. The summed E-state index contributed by atoms with van der Waals surface area (Å²) in [6.45, 7) is 5.06. The quantitative estimate of drug-likeness (QED) is 0.899. The van der Waals surface area contributed by atoms with E-state index < -0.39 is 0 Å². The van der Waals surface area contributed by atoms with E-state index in [0.717, 1.165) is 19.1 Å². The highest BCUT2D eigenvalue weighted by atomic mass is 79.9. The molecule has 0 saturated heterocycles. The van der Waals surface area contributed by atoms with Gasteiger partial charge in [-0.25, -0.2) is 0 Å². The molecule has 1 aromatic carbocycles. The van der Waals surface area contributed by atoms with E-state index in [2.05, 4.69) is 46.0 Å². The van der Waals surface area contributed by atoms with Crippen LogP contribution in [-0.2, 0) is 13.1 Å². The number of nitrogens with zero attached hydrogens (tertiary/aromatic N) is 1. The third-order valence-electron chi connectivity index (χ3n) is 3.97. The second kappa shape index (κ2) is 6.69. The molecule has 3 heteroatoms. The van der Waals surface area contributed by atoms with Crippen molar-refractivity contribution in [2.24, 2.45) is 5.73 Å². The zero-order valence-corrected chi connectivity index (χ0v) is 12.7. The standard InChI is InChI=1S/C15H23BrN2/c1-2-18(14-5-3-4-6-14)11-13-8-7-12(10-17)9-15(13)16/h7-9,14H,2-6,10-11,17H2,1H3. The lowest BCUT2D eigenvalue weighted by Gasteiger charge is -2.28. The van der Waals surface area contributed by atoms with Crippen molar-refractivity contribution < 1.29 is 0 Å². The molecule has 0 amide bonds. The van der Waals surface area contributed by atoms with Crippen LogP contribution < -0.4 is 5.73 Å². The number of halogens is 1. The molecule has 1 aliphatic carbocycles. The lowest BCUT2D eigenvalue weighted by molar-refractivity contribution is 0.200. The first-order valence-electron chi connectivity index (χ1n) is 6.96. The molecule has 1 saturated carbocycles. The Balaban J connectivity index is 2.06. The average molecular weight is 311 g/mol. The van der Waals surface area contributed by atoms with Crippen molar-refractivity contribution >= 4 is 15.9 Å². The minimum atomic E-state index is 0.610. The van der Waals surface area contributed by atoms with Crippen molar-refractivity contribution in [1.82, 2.24) is 4.90 Å². The van der Waals surface area contributed by atoms with Crippen LogP contribution >= 0.6 is 15.9 Å². The van der Waals surface area contributed by atoms with Crippen molar-refractivity contribution in [2.75, 3.05) is 6.54 Å². The monoisotopic (exact) mass is 310 g/mol. The third-order valence-corrected chi connectivity index (χ3v) is 4.71. The van der Waals surface area contributed by atoms with Crippen molar-refractivity contribution in [3.63, 3.8) is 0 Å². The van der Waals surface area contributed by atoms with Crippen LogP contribution in [0.2, 0.25) is 0 Å². The van der Waals surface area contributed by atoms with E-state index in [-0.39, 0.29) is 0 Å². The Morgan fingerprint density at radius 3 is 2.61 bits per heavy atom. The Labute approximate surface area is 119 Å². The van der Waals surface area contributed by atoms with E-state index in [0.29, 0.717) is 6.54 Å². The topological polar surface area (TPSA) is 29.3 Å². The lowest BCUT2D eigenvalue weighted by Crippen LogP contribution is -2.32. The van der Waals surface area contributed by atoms with Gasteiger partial charge in [-0.3, -0.25) is 4.90 Å². The van der Waals surface area contributed by atoms with E-state index in [1.165, 1.54) is 41.3 Å². The van der Waals surface area contributed by atoms with Gasteiger partial charge in [0.25, 0.3) is 0 Å². The summed E-state index contributed by atoms with van der Waals surface area (Å²) in [5.74, 6) is 0. The molecule has 0 radical (unpaired) electrons.